The van der Waals surface area contributed by atoms with Gasteiger partial charge >= 0.3 is 0 Å². The summed E-state index contributed by atoms with van der Waals surface area (Å²) in [7, 11) is 0. The van der Waals surface area contributed by atoms with E-state index in [0.717, 1.165) is 0 Å². The standard InChI is InChI=1S/C14H18/c1-10(2)11-5-6-13-12(9-11)7-8-14(13,3)4/h5-10H,1-4H3. The minimum Gasteiger partial charge on any atom is -0.0739 e. The van der Waals surface area contributed by atoms with Crippen molar-refractivity contribution in [1.82, 2.24) is 0 Å². The molecule has 0 aliphatic heterocycles. The quantitative estimate of drug-likeness (QED) is 0.619. The zero-order chi connectivity index (χ0) is 10.3. The van der Waals surface area contributed by atoms with Crippen LogP contribution in [0.4, 0.5) is 0 Å². The third kappa shape index (κ3) is 1.39. The van der Waals surface area contributed by atoms with E-state index in [-0.39, 0.29) is 5.41 Å². The molecule has 0 saturated heterocycles. The molecule has 0 saturated carbocycles. The van der Waals surface area contributed by atoms with Gasteiger partial charge in [-0.15, -0.1) is 0 Å². The normalized spacial score (nSPS) is 17.5. The fourth-order valence-corrected chi connectivity index (χ4v) is 2.05. The molecule has 0 aromatic heterocycles. The smallest absolute Gasteiger partial charge is 0.00845 e. The summed E-state index contributed by atoms with van der Waals surface area (Å²) in [6, 6.07) is 6.87. The van der Waals surface area contributed by atoms with E-state index in [1.54, 1.807) is 0 Å². The number of benzene rings is 1. The molecular weight excluding hydrogens is 168 g/mol. The summed E-state index contributed by atoms with van der Waals surface area (Å²) < 4.78 is 0. The van der Waals surface area contributed by atoms with E-state index in [9.17, 15) is 0 Å². The molecule has 0 atom stereocenters. The molecule has 0 unspecified atom stereocenters. The Balaban J connectivity index is 2.49. The number of hydrogen-bond acceptors (Lipinski definition) is 0. The Morgan fingerprint density at radius 3 is 2.50 bits per heavy atom. The van der Waals surface area contributed by atoms with Gasteiger partial charge in [0, 0.05) is 5.41 Å². The van der Waals surface area contributed by atoms with Crippen LogP contribution in [-0.2, 0) is 5.41 Å². The number of hydrogen-bond donors (Lipinski definition) is 0. The van der Waals surface area contributed by atoms with Crippen LogP contribution in [0.1, 0.15) is 50.3 Å². The van der Waals surface area contributed by atoms with E-state index in [1.807, 2.05) is 0 Å². The van der Waals surface area contributed by atoms with Gasteiger partial charge in [0.2, 0.25) is 0 Å². The molecule has 0 spiro atoms. The lowest BCUT2D eigenvalue weighted by Crippen LogP contribution is -2.10. The molecule has 1 aliphatic rings. The molecule has 0 fully saturated rings. The highest BCUT2D eigenvalue weighted by atomic mass is 14.3. The van der Waals surface area contributed by atoms with Gasteiger partial charge in [0.1, 0.15) is 0 Å². The maximum absolute atomic E-state index is 2.32. The Kier molecular flexibility index (Phi) is 2.02. The van der Waals surface area contributed by atoms with Crippen LogP contribution in [0.3, 0.4) is 0 Å². The highest BCUT2D eigenvalue weighted by Crippen LogP contribution is 2.36. The van der Waals surface area contributed by atoms with Crippen molar-refractivity contribution in [2.45, 2.75) is 39.0 Å². The van der Waals surface area contributed by atoms with Gasteiger partial charge in [-0.05, 0) is 22.6 Å². The summed E-state index contributed by atoms with van der Waals surface area (Å²) in [5.74, 6) is 0.623. The lowest BCUT2D eigenvalue weighted by Gasteiger charge is -2.18. The van der Waals surface area contributed by atoms with Crippen molar-refractivity contribution in [1.29, 1.82) is 0 Å². The third-order valence-corrected chi connectivity index (χ3v) is 3.12. The second-order valence-corrected chi connectivity index (χ2v) is 5.06. The molecule has 0 N–H and O–H groups in total. The van der Waals surface area contributed by atoms with E-state index in [2.05, 4.69) is 58.0 Å². The first-order valence-electron chi connectivity index (χ1n) is 5.34. The summed E-state index contributed by atoms with van der Waals surface area (Å²) in [4.78, 5) is 0. The van der Waals surface area contributed by atoms with Crippen molar-refractivity contribution in [3.8, 4) is 0 Å². The van der Waals surface area contributed by atoms with Crippen molar-refractivity contribution < 1.29 is 0 Å². The zero-order valence-corrected chi connectivity index (χ0v) is 9.46. The van der Waals surface area contributed by atoms with Crippen molar-refractivity contribution in [3.05, 3.63) is 41.0 Å². The number of fused-ring (bicyclic) bond motifs is 1. The first-order valence-corrected chi connectivity index (χ1v) is 5.34. The largest absolute Gasteiger partial charge is 0.0739 e. The molecule has 14 heavy (non-hydrogen) atoms. The first-order chi connectivity index (χ1) is 6.50. The molecular formula is C14H18. The first kappa shape index (κ1) is 9.51. The fraction of sp³-hybridized carbons (Fsp3) is 0.429. The van der Waals surface area contributed by atoms with Gasteiger partial charge < -0.3 is 0 Å². The minimum atomic E-state index is 0.227. The highest BCUT2D eigenvalue weighted by molar-refractivity contribution is 5.65. The van der Waals surface area contributed by atoms with E-state index >= 15 is 0 Å². The topological polar surface area (TPSA) is 0 Å². The van der Waals surface area contributed by atoms with Crippen LogP contribution < -0.4 is 0 Å². The van der Waals surface area contributed by atoms with Crippen molar-refractivity contribution >= 4 is 6.08 Å². The van der Waals surface area contributed by atoms with Crippen LogP contribution in [0.15, 0.2) is 24.3 Å². The highest BCUT2D eigenvalue weighted by Gasteiger charge is 2.24. The summed E-state index contributed by atoms with van der Waals surface area (Å²) >= 11 is 0. The molecule has 0 bridgehead atoms. The molecule has 0 radical (unpaired) electrons. The third-order valence-electron chi connectivity index (χ3n) is 3.12. The molecule has 74 valence electrons. The molecule has 1 aromatic carbocycles. The van der Waals surface area contributed by atoms with Gasteiger partial charge in [-0.1, -0.05) is 58.0 Å². The second kappa shape index (κ2) is 2.98. The average Bonchev–Trinajstić information content (AvgIpc) is 2.42. The van der Waals surface area contributed by atoms with Crippen LogP contribution in [0.5, 0.6) is 0 Å². The van der Waals surface area contributed by atoms with Crippen LogP contribution in [0.25, 0.3) is 6.08 Å². The lowest BCUT2D eigenvalue weighted by molar-refractivity contribution is 0.682. The van der Waals surface area contributed by atoms with E-state index in [0.29, 0.717) is 5.92 Å². The van der Waals surface area contributed by atoms with E-state index < -0.39 is 0 Å². The molecule has 0 heterocycles. The van der Waals surface area contributed by atoms with Gasteiger partial charge in [0.25, 0.3) is 0 Å². The average molecular weight is 186 g/mol. The predicted molar refractivity (Wildman–Crippen MR) is 62.6 cm³/mol. The van der Waals surface area contributed by atoms with Gasteiger partial charge in [0.15, 0.2) is 0 Å². The maximum Gasteiger partial charge on any atom is 0.00845 e. The number of rotatable bonds is 1. The van der Waals surface area contributed by atoms with Crippen molar-refractivity contribution in [2.24, 2.45) is 0 Å². The zero-order valence-electron chi connectivity index (χ0n) is 9.46. The molecule has 0 amide bonds. The van der Waals surface area contributed by atoms with E-state index in [1.165, 1.54) is 16.7 Å². The van der Waals surface area contributed by atoms with E-state index in [4.69, 9.17) is 0 Å². The predicted octanol–water partition coefficient (Wildman–Crippen LogP) is 4.11. The molecule has 0 nitrogen and oxygen atoms in total. The maximum atomic E-state index is 2.32. The van der Waals surface area contributed by atoms with Gasteiger partial charge in [-0.25, -0.2) is 0 Å². The van der Waals surface area contributed by atoms with Crippen molar-refractivity contribution in [2.75, 3.05) is 0 Å². The SMILES string of the molecule is CC(C)c1ccc2c(c1)C=CC2(C)C. The van der Waals surface area contributed by atoms with Crippen LogP contribution in [0.2, 0.25) is 0 Å². The van der Waals surface area contributed by atoms with Gasteiger partial charge in [0.05, 0.1) is 0 Å². The Morgan fingerprint density at radius 1 is 1.14 bits per heavy atom. The minimum absolute atomic E-state index is 0.227. The lowest BCUT2D eigenvalue weighted by atomic mass is 9.86. The monoisotopic (exact) mass is 186 g/mol. The summed E-state index contributed by atoms with van der Waals surface area (Å²) in [6.07, 6.45) is 4.54. The van der Waals surface area contributed by atoms with Crippen LogP contribution in [0, 0.1) is 0 Å². The second-order valence-electron chi connectivity index (χ2n) is 5.06. The van der Waals surface area contributed by atoms with Crippen molar-refractivity contribution in [3.63, 3.8) is 0 Å². The van der Waals surface area contributed by atoms with Gasteiger partial charge in [-0.3, -0.25) is 0 Å². The Hall–Kier alpha value is -1.04. The number of allylic oxidation sites excluding steroid dienone is 1. The summed E-state index contributed by atoms with van der Waals surface area (Å²) in [6.45, 7) is 9.02. The van der Waals surface area contributed by atoms with Crippen LogP contribution >= 0.6 is 0 Å². The summed E-state index contributed by atoms with van der Waals surface area (Å²) in [5, 5.41) is 0. The Labute approximate surface area is 86.7 Å². The molecule has 0 heteroatoms. The molecule has 1 aromatic rings. The molecule has 1 aliphatic carbocycles. The van der Waals surface area contributed by atoms with Crippen LogP contribution in [-0.4, -0.2) is 0 Å². The summed E-state index contributed by atoms with van der Waals surface area (Å²) in [5.41, 5.74) is 4.53. The Morgan fingerprint density at radius 2 is 1.86 bits per heavy atom. The fourth-order valence-electron chi connectivity index (χ4n) is 2.05. The Bertz CT molecular complexity index is 381. The molecule has 2 rings (SSSR count). The van der Waals surface area contributed by atoms with Gasteiger partial charge in [-0.2, -0.15) is 0 Å².